The number of hydrogen-bond donors (Lipinski definition) is 2. The number of carbonyl (C=O) groups excluding carboxylic acids is 3. The molecule has 9 rings (SSSR count). The van der Waals surface area contributed by atoms with Crippen LogP contribution in [0, 0.1) is 96.2 Å². The van der Waals surface area contributed by atoms with Crippen LogP contribution in [0.5, 0.6) is 0 Å². The number of ketones is 2. The summed E-state index contributed by atoms with van der Waals surface area (Å²) in [7, 11) is 0. The van der Waals surface area contributed by atoms with Gasteiger partial charge < -0.3 is 26.0 Å². The lowest BCUT2D eigenvalue weighted by atomic mass is 9.44. The number of ether oxygens (including phenoxy) is 1. The number of nitro benzene ring substituents is 1. The van der Waals surface area contributed by atoms with Crippen molar-refractivity contribution in [3.8, 4) is 0 Å². The average Bonchev–Trinajstić information content (AvgIpc) is 3.75. The van der Waals surface area contributed by atoms with E-state index in [1.807, 2.05) is 6.92 Å². The second-order valence-electron chi connectivity index (χ2n) is 22.3. The molecule has 0 amide bonds. The molecular formula is C49H74N2O9. The summed E-state index contributed by atoms with van der Waals surface area (Å²) in [5, 5.41) is 32.5. The molecule has 8 aliphatic carbocycles. The average molecular weight is 835 g/mol. The van der Waals surface area contributed by atoms with Gasteiger partial charge in [-0.25, -0.2) is 4.79 Å². The Morgan fingerprint density at radius 1 is 0.667 bits per heavy atom. The number of hydrogen-bond acceptors (Lipinski definition) is 8. The van der Waals surface area contributed by atoms with Gasteiger partial charge in [-0.3, -0.25) is 19.7 Å². The van der Waals surface area contributed by atoms with Gasteiger partial charge in [0.1, 0.15) is 23.4 Å². The fraction of sp³-hybridized carbons (Fsp3) is 0.816. The van der Waals surface area contributed by atoms with Crippen LogP contribution in [0.25, 0.3) is 0 Å². The highest BCUT2D eigenvalue weighted by Crippen LogP contribution is 2.69. The quantitative estimate of drug-likeness (QED) is 0.123. The maximum absolute atomic E-state index is 12.9. The maximum Gasteiger partial charge on any atom is 0.338 e. The molecule has 60 heavy (non-hydrogen) atoms. The molecule has 11 heteroatoms. The van der Waals surface area contributed by atoms with Gasteiger partial charge in [0.25, 0.3) is 5.69 Å². The van der Waals surface area contributed by atoms with Crippen LogP contribution in [-0.4, -0.2) is 45.2 Å². The number of benzene rings is 1. The lowest BCUT2D eigenvalue weighted by Crippen LogP contribution is -2.70. The van der Waals surface area contributed by atoms with Gasteiger partial charge in [0.15, 0.2) is 0 Å². The molecule has 8 fully saturated rings. The normalized spacial score (nSPS) is 45.0. The van der Waals surface area contributed by atoms with Crippen molar-refractivity contribution in [3.63, 3.8) is 0 Å². The Morgan fingerprint density at radius 3 is 1.65 bits per heavy atom. The zero-order valence-corrected chi connectivity index (χ0v) is 37.2. The van der Waals surface area contributed by atoms with Crippen molar-refractivity contribution in [2.75, 3.05) is 0 Å². The highest BCUT2D eigenvalue weighted by Gasteiger charge is 2.62. The molecule has 5 N–H and O–H groups in total. The zero-order chi connectivity index (χ0) is 42.2. The highest BCUT2D eigenvalue weighted by atomic mass is 16.6. The molecule has 0 aliphatic heterocycles. The first-order valence-corrected chi connectivity index (χ1v) is 23.6. The second-order valence-corrected chi connectivity index (χ2v) is 22.3. The summed E-state index contributed by atoms with van der Waals surface area (Å²) < 4.78 is 5.85. The van der Waals surface area contributed by atoms with Gasteiger partial charge in [-0.1, -0.05) is 27.7 Å². The number of non-ortho nitro benzene ring substituents is 1. The molecule has 1 aromatic carbocycles. The summed E-state index contributed by atoms with van der Waals surface area (Å²) in [6, 6.07) is 3.70. The number of carbonyl (C=O) groups is 3. The van der Waals surface area contributed by atoms with Crippen LogP contribution in [0.4, 0.5) is 11.4 Å². The minimum absolute atomic E-state index is 0. The van der Waals surface area contributed by atoms with Crippen LogP contribution in [0.1, 0.15) is 167 Å². The monoisotopic (exact) mass is 835 g/mol. The topological polar surface area (TPSA) is 195 Å². The van der Waals surface area contributed by atoms with Gasteiger partial charge in [-0.05, 0) is 198 Å². The van der Waals surface area contributed by atoms with Crippen molar-refractivity contribution in [2.24, 2.45) is 80.8 Å². The smallest absolute Gasteiger partial charge is 0.338 e. The van der Waals surface area contributed by atoms with Crippen LogP contribution in [-0.2, 0) is 14.3 Å². The number of rotatable bonds is 6. The molecule has 16 atom stereocenters. The number of aliphatic hydroxyl groups is 1. The van der Waals surface area contributed by atoms with Gasteiger partial charge in [0.05, 0.1) is 22.7 Å². The number of aliphatic hydroxyl groups excluding tert-OH is 1. The first kappa shape index (κ1) is 45.3. The van der Waals surface area contributed by atoms with E-state index >= 15 is 0 Å². The molecule has 8 saturated carbocycles. The van der Waals surface area contributed by atoms with E-state index in [-0.39, 0.29) is 56.8 Å². The van der Waals surface area contributed by atoms with E-state index in [0.29, 0.717) is 52.1 Å². The minimum Gasteiger partial charge on any atom is -0.630 e. The zero-order valence-electron chi connectivity index (χ0n) is 37.2. The summed E-state index contributed by atoms with van der Waals surface area (Å²) >= 11 is 0. The van der Waals surface area contributed by atoms with Crippen LogP contribution >= 0.6 is 0 Å². The summed E-state index contributed by atoms with van der Waals surface area (Å²) in [4.78, 5) is 48.0. The first-order chi connectivity index (χ1) is 27.9. The Balaban J connectivity index is 0.000000195. The Kier molecular flexibility index (Phi) is 12.7. The Morgan fingerprint density at radius 2 is 1.15 bits per heavy atom. The fourth-order valence-corrected chi connectivity index (χ4v) is 17.0. The van der Waals surface area contributed by atoms with Crippen LogP contribution in [0.15, 0.2) is 18.2 Å². The number of nitro groups is 1. The maximum atomic E-state index is 12.9. The van der Waals surface area contributed by atoms with Gasteiger partial charge in [0, 0.05) is 24.0 Å². The van der Waals surface area contributed by atoms with Crippen molar-refractivity contribution in [1.82, 2.24) is 0 Å². The molecule has 11 nitrogen and oxygen atoms in total. The third kappa shape index (κ3) is 7.51. The standard InChI is InChI=1S/C28H38N2O6.C21H34O2.H2O/c1-16(31)23-6-7-24-22-5-4-18-14-21(8-10-27(18,2)25(22)9-11-28(23,24)3)36-26(32)17-12-19(29-33)15-20(13-17)30(34)35;1-13(22)17-6-7-18-16-5-4-14-12-15(23)8-10-20(14,2)19(16)9-11-21(17,18)3;/h12-13,15,18,21-25H,4-11,14,29H2,1-3H3;14-19,23H,4-12H2,1-3H3;1H2/t18-,21+,22?,23+,24?,25?,27-,28+;14-,15-,16?,17+,18?,19?,20-,21+;/m00./s1. The summed E-state index contributed by atoms with van der Waals surface area (Å²) in [5.74, 6) is 6.41. The number of nitrogens with zero attached hydrogens (tertiary/aromatic N) is 1. The molecule has 1 aromatic rings. The molecule has 8 aliphatic rings. The molecule has 6 unspecified atom stereocenters. The van der Waals surface area contributed by atoms with Crippen molar-refractivity contribution < 1.29 is 40.1 Å². The molecular weight excluding hydrogens is 761 g/mol. The Hall–Kier alpha value is -2.73. The van der Waals surface area contributed by atoms with Gasteiger partial charge >= 0.3 is 5.97 Å². The third-order valence-corrected chi connectivity index (χ3v) is 20.0. The Bertz CT molecular complexity index is 1820. The summed E-state index contributed by atoms with van der Waals surface area (Å²) in [5.41, 5.74) is 1.47. The van der Waals surface area contributed by atoms with E-state index in [2.05, 4.69) is 27.7 Å². The molecule has 0 spiro atoms. The van der Waals surface area contributed by atoms with Gasteiger partial charge in [-0.15, -0.1) is 0 Å². The number of Topliss-reactive ketones (excluding diaryl/α,β-unsaturated/α-hetero) is 2. The number of fused-ring (bicyclic) bond motifs is 10. The third-order valence-electron chi connectivity index (χ3n) is 20.0. The summed E-state index contributed by atoms with van der Waals surface area (Å²) in [6.07, 6.45) is 20.1. The molecule has 0 bridgehead atoms. The van der Waals surface area contributed by atoms with E-state index < -0.39 is 10.9 Å². The van der Waals surface area contributed by atoms with Gasteiger partial charge in [-0.2, -0.15) is 0 Å². The lowest BCUT2D eigenvalue weighted by Gasteiger charge is -2.61. The van der Waals surface area contributed by atoms with Crippen molar-refractivity contribution in [2.45, 2.75) is 169 Å². The van der Waals surface area contributed by atoms with Gasteiger partial charge in [0.2, 0.25) is 0 Å². The number of esters is 1. The molecule has 0 saturated heterocycles. The van der Waals surface area contributed by atoms with Crippen molar-refractivity contribution >= 4 is 28.9 Å². The highest BCUT2D eigenvalue weighted by molar-refractivity contribution is 5.91. The largest absolute Gasteiger partial charge is 0.630 e. The Labute approximate surface area is 357 Å². The van der Waals surface area contributed by atoms with E-state index in [1.165, 1.54) is 69.9 Å². The number of nitrogens with two attached hydrogens (primary N) is 1. The van der Waals surface area contributed by atoms with Crippen molar-refractivity contribution in [1.29, 1.82) is 0 Å². The van der Waals surface area contributed by atoms with E-state index in [1.54, 1.807) is 6.92 Å². The predicted octanol–water partition coefficient (Wildman–Crippen LogP) is 8.83. The first-order valence-electron chi connectivity index (χ1n) is 23.6. The van der Waals surface area contributed by atoms with Crippen LogP contribution in [0.3, 0.4) is 0 Å². The fourth-order valence-electron chi connectivity index (χ4n) is 17.0. The second kappa shape index (κ2) is 16.8. The molecule has 0 radical (unpaired) electrons. The van der Waals surface area contributed by atoms with Crippen LogP contribution < -0.4 is 5.48 Å². The number of quaternary nitrogens is 1. The lowest BCUT2D eigenvalue weighted by molar-refractivity contribution is -0.497. The summed E-state index contributed by atoms with van der Waals surface area (Å²) in [6.45, 7) is 13.4. The minimum atomic E-state index is -0.605. The van der Waals surface area contributed by atoms with Crippen molar-refractivity contribution in [3.05, 3.63) is 39.1 Å². The molecule has 0 aromatic heterocycles. The predicted molar refractivity (Wildman–Crippen MR) is 229 cm³/mol. The van der Waals surface area contributed by atoms with Crippen LogP contribution in [0.2, 0.25) is 0 Å². The molecule has 334 valence electrons. The van der Waals surface area contributed by atoms with E-state index in [4.69, 9.17) is 4.74 Å². The van der Waals surface area contributed by atoms with E-state index in [0.717, 1.165) is 87.5 Å². The SMILES string of the molecule is CC(=O)[C@H]1CCC2C3CC[C@H]4C[C@@H](O)CC[C@]4(C)C3CC[C@@]21C.CC(=O)[C@H]1CCC2C3CC[C@H]4C[C@H](OC(=O)c5cc([NH2+][O-])cc([N+](=O)[O-])c5)CC[C@]4(C)C3CC[C@@]21C.O. The molecule has 0 heterocycles. The van der Waals surface area contributed by atoms with E-state index in [9.17, 15) is 34.8 Å².